The molecule has 0 fully saturated rings. The van der Waals surface area contributed by atoms with E-state index < -0.39 is 0 Å². The number of benzene rings is 1. The summed E-state index contributed by atoms with van der Waals surface area (Å²) in [5, 5.41) is 9.09. The first-order valence-corrected chi connectivity index (χ1v) is 3.14. The zero-order valence-corrected chi connectivity index (χ0v) is 5.59. The Bertz CT molecular complexity index is 265. The Labute approximate surface area is 63.1 Å². The summed E-state index contributed by atoms with van der Waals surface area (Å²) in [4.78, 5) is 0. The first-order chi connectivity index (χ1) is 5.65. The summed E-state index contributed by atoms with van der Waals surface area (Å²) in [6.07, 6.45) is 0.637. The van der Waals surface area contributed by atoms with Gasteiger partial charge in [0.15, 0.2) is 0 Å². The van der Waals surface area contributed by atoms with Gasteiger partial charge in [0.2, 0.25) is 0 Å². The van der Waals surface area contributed by atoms with E-state index in [0.717, 1.165) is 5.56 Å². The van der Waals surface area contributed by atoms with Crippen LogP contribution < -0.4 is 5.73 Å². The molecule has 0 saturated heterocycles. The smallest absolute Gasteiger partial charge is 0.115 e. The van der Waals surface area contributed by atoms with Crippen LogP contribution in [0.3, 0.4) is 0 Å². The zero-order chi connectivity index (χ0) is 9.14. The van der Waals surface area contributed by atoms with Crippen LogP contribution in [-0.2, 0) is 6.42 Å². The van der Waals surface area contributed by atoms with Gasteiger partial charge in [0.1, 0.15) is 5.75 Å². The molecule has 0 aromatic heterocycles. The second-order valence-corrected chi connectivity index (χ2v) is 2.04. The number of rotatable bonds is 2. The molecular formula is C8H11NO. The zero-order valence-electron chi connectivity index (χ0n) is 7.59. The summed E-state index contributed by atoms with van der Waals surface area (Å²) in [6.45, 7) is 0.490. The molecule has 0 spiro atoms. The molecule has 1 aromatic rings. The Hall–Kier alpha value is -1.02. The number of phenols is 1. The summed E-state index contributed by atoms with van der Waals surface area (Å²) in [6, 6.07) is 3.04. The Morgan fingerprint density at radius 3 is 2.60 bits per heavy atom. The molecule has 0 aliphatic heterocycles. The highest BCUT2D eigenvalue weighted by molar-refractivity contribution is 5.25. The Morgan fingerprint density at radius 1 is 1.50 bits per heavy atom. The number of hydrogen-bond acceptors (Lipinski definition) is 2. The molecule has 0 atom stereocenters. The molecule has 10 heavy (non-hydrogen) atoms. The first-order valence-electron chi connectivity index (χ1n) is 4.14. The summed E-state index contributed by atoms with van der Waals surface area (Å²) >= 11 is 0. The van der Waals surface area contributed by atoms with Crippen molar-refractivity contribution >= 4 is 0 Å². The summed E-state index contributed by atoms with van der Waals surface area (Å²) < 4.78 is 14.5. The fourth-order valence-electron chi connectivity index (χ4n) is 0.716. The molecule has 0 aliphatic rings. The largest absolute Gasteiger partial charge is 0.508 e. The lowest BCUT2D eigenvalue weighted by Crippen LogP contribution is -2.01. The summed E-state index contributed by atoms with van der Waals surface area (Å²) in [7, 11) is 0. The van der Waals surface area contributed by atoms with Gasteiger partial charge in [-0.2, -0.15) is 0 Å². The Kier molecular flexibility index (Phi) is 1.53. The van der Waals surface area contributed by atoms with E-state index >= 15 is 0 Å². The molecule has 3 N–H and O–H groups in total. The van der Waals surface area contributed by atoms with Crippen molar-refractivity contribution < 1.29 is 7.85 Å². The molecule has 2 heteroatoms. The van der Waals surface area contributed by atoms with Crippen LogP contribution in [0.25, 0.3) is 0 Å². The van der Waals surface area contributed by atoms with E-state index in [-0.39, 0.29) is 17.8 Å². The summed E-state index contributed by atoms with van der Waals surface area (Å²) in [5.41, 5.74) is 6.14. The van der Waals surface area contributed by atoms with Crippen LogP contribution in [0.1, 0.15) is 8.30 Å². The van der Waals surface area contributed by atoms with E-state index in [1.165, 1.54) is 12.1 Å². The highest BCUT2D eigenvalue weighted by Gasteiger charge is 1.89. The first kappa shape index (κ1) is 4.74. The molecule has 0 unspecified atom stereocenters. The lowest BCUT2D eigenvalue weighted by Gasteiger charge is -1.96. The maximum Gasteiger partial charge on any atom is 0.115 e. The minimum absolute atomic E-state index is 0.00838. The van der Waals surface area contributed by atoms with E-state index in [4.69, 9.17) is 13.6 Å². The molecule has 0 bridgehead atoms. The van der Waals surface area contributed by atoms with Crippen LogP contribution >= 0.6 is 0 Å². The van der Waals surface area contributed by atoms with Gasteiger partial charge in [0.25, 0.3) is 0 Å². The second kappa shape index (κ2) is 3.22. The number of aromatic hydroxyl groups is 1. The fourth-order valence-corrected chi connectivity index (χ4v) is 0.716. The average molecular weight is 141 g/mol. The SMILES string of the molecule is [3H]c1cc(CCN)cc([3H])c1O. The van der Waals surface area contributed by atoms with Crippen molar-refractivity contribution in [2.75, 3.05) is 6.54 Å². The Morgan fingerprint density at radius 2 is 2.10 bits per heavy atom. The van der Waals surface area contributed by atoms with Gasteiger partial charge in [-0.15, -0.1) is 0 Å². The van der Waals surface area contributed by atoms with Gasteiger partial charge in [-0.25, -0.2) is 0 Å². The van der Waals surface area contributed by atoms with Crippen molar-refractivity contribution in [2.45, 2.75) is 6.42 Å². The number of nitrogens with two attached hydrogens (primary N) is 1. The fraction of sp³-hybridized carbons (Fsp3) is 0.250. The number of phenolic OH excluding ortho intramolecular Hbond substituents is 1. The molecule has 0 aliphatic carbocycles. The van der Waals surface area contributed by atoms with Crippen molar-refractivity contribution in [2.24, 2.45) is 5.73 Å². The van der Waals surface area contributed by atoms with Gasteiger partial charge in [0, 0.05) is 0 Å². The quantitative estimate of drug-likeness (QED) is 0.642. The van der Waals surface area contributed by atoms with Crippen LogP contribution in [0, 0.1) is 0 Å². The van der Waals surface area contributed by atoms with Crippen LogP contribution in [0.2, 0.25) is 0 Å². The van der Waals surface area contributed by atoms with Gasteiger partial charge >= 0.3 is 0 Å². The lowest BCUT2D eigenvalue weighted by atomic mass is 10.1. The normalized spacial score (nSPS) is 12.5. The molecule has 1 rings (SSSR count). The third-order valence-corrected chi connectivity index (χ3v) is 1.22. The third kappa shape index (κ3) is 1.74. The predicted molar refractivity (Wildman–Crippen MR) is 40.9 cm³/mol. The van der Waals surface area contributed by atoms with E-state index in [0.29, 0.717) is 13.0 Å². The standard InChI is InChI=1S/C8H11NO/c9-6-5-7-1-3-8(10)4-2-7/h1-4,10H,5-6,9H2/i3T,4T. The predicted octanol–water partition coefficient (Wildman–Crippen LogP) is 0.893. The van der Waals surface area contributed by atoms with Crippen molar-refractivity contribution in [3.8, 4) is 5.75 Å². The van der Waals surface area contributed by atoms with Crippen LogP contribution in [0.5, 0.6) is 5.75 Å². The van der Waals surface area contributed by atoms with Crippen molar-refractivity contribution in [3.05, 3.63) is 29.8 Å². The van der Waals surface area contributed by atoms with E-state index in [1.807, 2.05) is 0 Å². The molecule has 0 saturated carbocycles. The Balaban J connectivity index is 3.04. The van der Waals surface area contributed by atoms with Crippen LogP contribution in [0.15, 0.2) is 24.2 Å². The van der Waals surface area contributed by atoms with Crippen LogP contribution in [0.4, 0.5) is 0 Å². The number of hydrogen-bond donors (Lipinski definition) is 2. The average Bonchev–Trinajstić information content (AvgIpc) is 2.01. The topological polar surface area (TPSA) is 46.2 Å². The lowest BCUT2D eigenvalue weighted by molar-refractivity contribution is 0.475. The minimum atomic E-state index is -0.268. The molecule has 1 aromatic carbocycles. The molecule has 0 radical (unpaired) electrons. The van der Waals surface area contributed by atoms with E-state index in [9.17, 15) is 0 Å². The minimum Gasteiger partial charge on any atom is -0.508 e. The second-order valence-electron chi connectivity index (χ2n) is 2.04. The maximum atomic E-state index is 9.09. The summed E-state index contributed by atoms with van der Waals surface area (Å²) in [5.74, 6) is -0.268. The van der Waals surface area contributed by atoms with Gasteiger partial charge < -0.3 is 10.8 Å². The van der Waals surface area contributed by atoms with E-state index in [2.05, 4.69) is 0 Å². The molecule has 2 nitrogen and oxygen atoms in total. The van der Waals surface area contributed by atoms with Crippen molar-refractivity contribution in [3.63, 3.8) is 0 Å². The van der Waals surface area contributed by atoms with Gasteiger partial charge in [0.05, 0.1) is 2.74 Å². The molecule has 0 heterocycles. The van der Waals surface area contributed by atoms with Crippen molar-refractivity contribution in [1.29, 1.82) is 0 Å². The molecule has 54 valence electrons. The third-order valence-electron chi connectivity index (χ3n) is 1.22. The van der Waals surface area contributed by atoms with Gasteiger partial charge in [-0.3, -0.25) is 0 Å². The van der Waals surface area contributed by atoms with Gasteiger partial charge in [-0.1, -0.05) is 12.1 Å². The van der Waals surface area contributed by atoms with Crippen molar-refractivity contribution in [1.82, 2.24) is 0 Å². The monoisotopic (exact) mass is 141 g/mol. The maximum absolute atomic E-state index is 9.09. The van der Waals surface area contributed by atoms with Crippen LogP contribution in [-0.4, -0.2) is 11.7 Å². The molecular weight excluding hydrogens is 126 g/mol. The van der Waals surface area contributed by atoms with Gasteiger partial charge in [-0.05, 0) is 30.6 Å². The highest BCUT2D eigenvalue weighted by atomic mass is 16.3. The highest BCUT2D eigenvalue weighted by Crippen LogP contribution is 2.09. The van der Waals surface area contributed by atoms with E-state index in [1.54, 1.807) is 0 Å². The molecule has 0 amide bonds.